The van der Waals surface area contributed by atoms with Crippen molar-refractivity contribution in [3.8, 4) is 0 Å². The second-order valence-electron chi connectivity index (χ2n) is 7.97. The van der Waals surface area contributed by atoms with Crippen LogP contribution in [0.5, 0.6) is 0 Å². The molecular weight excluding hydrogens is 415 g/mol. The predicted molar refractivity (Wildman–Crippen MR) is 111 cm³/mol. The second kappa shape index (κ2) is 9.48. The van der Waals surface area contributed by atoms with Crippen LogP contribution in [0.15, 0.2) is 12.1 Å². The standard InChI is InChI=1S/C20H28N4O3S.K/c1-23-11-5-8-16(23)13-24(2)28(26,27)22-20(25)21-19-17-9-3-6-14(17)12-15-7-4-10-18(15)19;/h3,6,12,16H,4-5,7-11,13H2,1-2H3,(H2,21,22,25);/q;+1/p-1/t16-;/m1./s1. The number of allylic oxidation sites excluding steroid dienone is 1. The van der Waals surface area contributed by atoms with Crippen molar-refractivity contribution in [3.63, 3.8) is 0 Å². The van der Waals surface area contributed by atoms with Gasteiger partial charge in [0.15, 0.2) is 6.03 Å². The summed E-state index contributed by atoms with van der Waals surface area (Å²) in [6, 6.07) is 1.54. The number of anilines is 1. The average Bonchev–Trinajstić information content (AvgIpc) is 3.35. The van der Waals surface area contributed by atoms with Gasteiger partial charge in [-0.2, -0.15) is 0 Å². The Morgan fingerprint density at radius 3 is 2.83 bits per heavy atom. The number of nitrogens with one attached hydrogen (secondary N) is 1. The molecule has 0 aromatic heterocycles. The number of nitrogens with zero attached hydrogens (tertiary/aromatic N) is 3. The van der Waals surface area contributed by atoms with Crippen molar-refractivity contribution >= 4 is 28.0 Å². The molecule has 1 heterocycles. The molecule has 0 radical (unpaired) electrons. The topological polar surface area (TPSA) is 83.8 Å². The number of hydrogen-bond donors (Lipinski definition) is 1. The molecule has 1 fully saturated rings. The first-order valence-electron chi connectivity index (χ1n) is 9.90. The maximum atomic E-state index is 12.6. The summed E-state index contributed by atoms with van der Waals surface area (Å²) in [5.41, 5.74) is 5.30. The average molecular weight is 443 g/mol. The van der Waals surface area contributed by atoms with E-state index in [1.165, 1.54) is 16.9 Å². The van der Waals surface area contributed by atoms with E-state index in [1.807, 2.05) is 7.05 Å². The Balaban J connectivity index is 0.00000240. The zero-order valence-corrected chi connectivity index (χ0v) is 21.4. The summed E-state index contributed by atoms with van der Waals surface area (Å²) in [6.45, 7) is 1.31. The van der Waals surface area contributed by atoms with Gasteiger partial charge >= 0.3 is 51.4 Å². The fourth-order valence-electron chi connectivity index (χ4n) is 4.54. The molecule has 2 aliphatic carbocycles. The van der Waals surface area contributed by atoms with E-state index in [0.717, 1.165) is 67.4 Å². The Morgan fingerprint density at radius 2 is 2.10 bits per heavy atom. The molecule has 1 aromatic rings. The Labute approximate surface area is 215 Å². The predicted octanol–water partition coefficient (Wildman–Crippen LogP) is -0.0750. The summed E-state index contributed by atoms with van der Waals surface area (Å²) in [7, 11) is -0.536. The van der Waals surface area contributed by atoms with Crippen molar-refractivity contribution in [1.82, 2.24) is 9.21 Å². The number of carbonyl (C=O) groups is 1. The molecule has 3 aliphatic rings. The summed E-state index contributed by atoms with van der Waals surface area (Å²) in [5.74, 6) is 0. The summed E-state index contributed by atoms with van der Waals surface area (Å²) in [5, 5.41) is 2.79. The Kier molecular flexibility index (Phi) is 7.65. The van der Waals surface area contributed by atoms with Gasteiger partial charge < -0.3 is 14.9 Å². The quantitative estimate of drug-likeness (QED) is 0.647. The van der Waals surface area contributed by atoms with E-state index in [1.54, 1.807) is 0 Å². The summed E-state index contributed by atoms with van der Waals surface area (Å²) in [6.07, 6.45) is 9.84. The van der Waals surface area contributed by atoms with Crippen LogP contribution in [0.3, 0.4) is 0 Å². The van der Waals surface area contributed by atoms with Crippen LogP contribution in [0.25, 0.3) is 10.8 Å². The van der Waals surface area contributed by atoms with E-state index < -0.39 is 16.2 Å². The van der Waals surface area contributed by atoms with Crippen LogP contribution in [-0.2, 0) is 29.5 Å². The number of likely N-dealkylation sites (N-methyl/N-ethyl adjacent to an activating group) is 2. The zero-order valence-electron chi connectivity index (χ0n) is 17.4. The molecular formula is C20H27KN4O3S. The van der Waals surface area contributed by atoms with Gasteiger partial charge in [0, 0.05) is 19.6 Å². The third-order valence-corrected chi connectivity index (χ3v) is 7.46. The second-order valence-corrected chi connectivity index (χ2v) is 9.68. The summed E-state index contributed by atoms with van der Waals surface area (Å²) >= 11 is 0. The van der Waals surface area contributed by atoms with Crippen LogP contribution in [0.4, 0.5) is 10.5 Å². The third kappa shape index (κ3) is 4.98. The molecule has 0 saturated carbocycles. The number of amides is 2. The molecule has 1 aliphatic heterocycles. The molecule has 1 saturated heterocycles. The van der Waals surface area contributed by atoms with Gasteiger partial charge in [-0.05, 0) is 80.1 Å². The van der Waals surface area contributed by atoms with Gasteiger partial charge in [-0.25, -0.2) is 12.7 Å². The van der Waals surface area contributed by atoms with Crippen molar-refractivity contribution in [2.24, 2.45) is 0 Å². The van der Waals surface area contributed by atoms with Gasteiger partial charge in [0.2, 0.25) is 10.2 Å². The number of rotatable bonds is 5. The van der Waals surface area contributed by atoms with E-state index >= 15 is 0 Å². The maximum absolute atomic E-state index is 12.6. The first-order valence-corrected chi connectivity index (χ1v) is 11.3. The van der Waals surface area contributed by atoms with Crippen molar-refractivity contribution in [2.75, 3.05) is 32.5 Å². The van der Waals surface area contributed by atoms with Gasteiger partial charge in [-0.1, -0.05) is 18.2 Å². The number of carbonyl (C=O) groups excluding carboxylic acids is 1. The van der Waals surface area contributed by atoms with Crippen LogP contribution in [0.1, 0.15) is 41.5 Å². The van der Waals surface area contributed by atoms with Crippen LogP contribution < -0.4 is 56.7 Å². The number of likely N-dealkylation sites (tertiary alicyclic amines) is 1. The van der Waals surface area contributed by atoms with E-state index in [0.29, 0.717) is 6.54 Å². The van der Waals surface area contributed by atoms with E-state index in [2.05, 4.69) is 33.2 Å². The number of fused-ring (bicyclic) bond motifs is 2. The van der Waals surface area contributed by atoms with Crippen LogP contribution in [-0.4, -0.2) is 56.9 Å². The zero-order chi connectivity index (χ0) is 19.9. The number of hydrogen-bond acceptors (Lipinski definition) is 4. The molecule has 7 nitrogen and oxygen atoms in total. The molecule has 1 atom stereocenters. The van der Waals surface area contributed by atoms with Crippen molar-refractivity contribution in [3.05, 3.63) is 39.1 Å². The molecule has 9 heteroatoms. The Morgan fingerprint density at radius 1 is 1.31 bits per heavy atom. The normalized spacial score (nSPS) is 20.4. The molecule has 0 unspecified atom stereocenters. The van der Waals surface area contributed by atoms with Gasteiger partial charge in [0.05, 0.1) is 0 Å². The summed E-state index contributed by atoms with van der Waals surface area (Å²) in [4.78, 5) is 14.7. The smallest absolute Gasteiger partial charge is 0.423 e. The third-order valence-electron chi connectivity index (χ3n) is 6.13. The van der Waals surface area contributed by atoms with Crippen molar-refractivity contribution in [1.29, 1.82) is 0 Å². The fourth-order valence-corrected chi connectivity index (χ4v) is 5.30. The molecule has 1 N–H and O–H groups in total. The van der Waals surface area contributed by atoms with Gasteiger partial charge in [0.1, 0.15) is 0 Å². The summed E-state index contributed by atoms with van der Waals surface area (Å²) < 4.78 is 29.8. The molecule has 1 aromatic carbocycles. The minimum Gasteiger partial charge on any atom is -0.423 e. The molecule has 2 amide bonds. The number of benzene rings is 1. The molecule has 0 spiro atoms. The number of urea groups is 1. The minimum absolute atomic E-state index is 0. The first kappa shape index (κ1) is 23.4. The van der Waals surface area contributed by atoms with Gasteiger partial charge in [-0.3, -0.25) is 4.79 Å². The van der Waals surface area contributed by atoms with Crippen molar-refractivity contribution < 1.29 is 64.6 Å². The monoisotopic (exact) mass is 442 g/mol. The van der Waals surface area contributed by atoms with Crippen LogP contribution in [0, 0.1) is 0 Å². The Hall–Kier alpha value is -0.264. The van der Waals surface area contributed by atoms with Gasteiger partial charge in [0.25, 0.3) is 0 Å². The molecule has 29 heavy (non-hydrogen) atoms. The first-order chi connectivity index (χ1) is 13.3. The Bertz CT molecular complexity index is 928. The van der Waals surface area contributed by atoms with E-state index in [-0.39, 0.29) is 57.4 Å². The SMILES string of the molecule is CN1CCC[C@@H]1CN(C)S(=O)(=O)[N-]C(=O)Nc1c2c(cc3c1CCC3)C=CC2.[K+]. The van der Waals surface area contributed by atoms with Crippen molar-refractivity contribution in [2.45, 2.75) is 44.6 Å². The van der Waals surface area contributed by atoms with Crippen LogP contribution in [0.2, 0.25) is 0 Å². The minimum atomic E-state index is -4.01. The van der Waals surface area contributed by atoms with Gasteiger partial charge in [-0.15, -0.1) is 0 Å². The van der Waals surface area contributed by atoms with E-state index in [9.17, 15) is 13.2 Å². The maximum Gasteiger partial charge on any atom is 1.00 e. The number of aryl methyl sites for hydroxylation is 1. The molecule has 0 bridgehead atoms. The fraction of sp³-hybridized carbons (Fsp3) is 0.550. The molecule has 152 valence electrons. The largest absolute Gasteiger partial charge is 1.00 e. The van der Waals surface area contributed by atoms with E-state index in [4.69, 9.17) is 0 Å². The molecule has 4 rings (SSSR count). The van der Waals surface area contributed by atoms with Crippen LogP contribution >= 0.6 is 0 Å².